The molecule has 8 heteroatoms. The largest absolute Gasteiger partial charge is 0.386 e. The van der Waals surface area contributed by atoms with E-state index >= 15 is 0 Å². The van der Waals surface area contributed by atoms with Crippen molar-refractivity contribution in [2.45, 2.75) is 62.6 Å². The van der Waals surface area contributed by atoms with Crippen LogP contribution in [-0.2, 0) is 4.79 Å². The zero-order valence-electron chi connectivity index (χ0n) is 15.9. The van der Waals surface area contributed by atoms with Gasteiger partial charge in [0.25, 0.3) is 5.91 Å². The van der Waals surface area contributed by atoms with E-state index in [0.717, 1.165) is 36.3 Å². The van der Waals surface area contributed by atoms with E-state index in [1.165, 1.54) is 6.20 Å². The van der Waals surface area contributed by atoms with Crippen LogP contribution in [0.3, 0.4) is 0 Å². The second-order valence-electron chi connectivity index (χ2n) is 7.04. The maximum atomic E-state index is 11.8. The molecular formula is C19H30N6OS. The summed E-state index contributed by atoms with van der Waals surface area (Å²) >= 11 is 1.55. The van der Waals surface area contributed by atoms with Gasteiger partial charge in [0.15, 0.2) is 0 Å². The number of amides is 1. The molecule has 1 aromatic rings. The number of anilines is 1. The molecule has 1 amide bonds. The lowest BCUT2D eigenvalue weighted by Crippen LogP contribution is -2.45. The first kappa shape index (κ1) is 21.3. The van der Waals surface area contributed by atoms with Crippen LogP contribution in [0.1, 0.15) is 39.5 Å². The number of hydrogen-bond acceptors (Lipinski definition) is 6. The van der Waals surface area contributed by atoms with Gasteiger partial charge < -0.3 is 22.1 Å². The number of hydrogen-bond donors (Lipinski definition) is 6. The van der Waals surface area contributed by atoms with Gasteiger partial charge in [-0.05, 0) is 62.9 Å². The molecule has 2 atom stereocenters. The topological polar surface area (TPSA) is 129 Å². The molecule has 8 N–H and O–H groups in total. The second-order valence-corrected chi connectivity index (χ2v) is 7.95. The fourth-order valence-electron chi connectivity index (χ4n) is 2.83. The molecule has 1 fully saturated rings. The molecule has 7 nitrogen and oxygen atoms in total. The fourth-order valence-corrected chi connectivity index (χ4v) is 3.47. The molecular weight excluding hydrogens is 360 g/mol. The number of primary amides is 1. The van der Waals surface area contributed by atoms with Gasteiger partial charge in [0.1, 0.15) is 5.84 Å². The highest BCUT2D eigenvalue weighted by Gasteiger charge is 2.21. The third-order valence-electron chi connectivity index (χ3n) is 4.33. The molecule has 2 unspecified atom stereocenters. The van der Waals surface area contributed by atoms with Gasteiger partial charge in [0, 0.05) is 34.9 Å². The van der Waals surface area contributed by atoms with Crippen LogP contribution in [0.25, 0.3) is 0 Å². The van der Waals surface area contributed by atoms with Gasteiger partial charge in [-0.1, -0.05) is 12.8 Å². The molecule has 0 aromatic heterocycles. The SMILES string of the molecule is CC(C)NSc1ccc(NC(=N)/C(=C\NC2CCCCC2N)C(N)=O)cc1. The quantitative estimate of drug-likeness (QED) is 0.175. The number of benzene rings is 1. The zero-order chi connectivity index (χ0) is 19.8. The summed E-state index contributed by atoms with van der Waals surface area (Å²) in [6.45, 7) is 4.16. The van der Waals surface area contributed by atoms with Gasteiger partial charge in [0.05, 0.1) is 5.57 Å². The van der Waals surface area contributed by atoms with Crippen molar-refractivity contribution in [3.05, 3.63) is 36.0 Å². The van der Waals surface area contributed by atoms with Crippen LogP contribution in [0, 0.1) is 5.41 Å². The van der Waals surface area contributed by atoms with Gasteiger partial charge in [-0.15, -0.1) is 0 Å². The van der Waals surface area contributed by atoms with Crippen LogP contribution >= 0.6 is 11.9 Å². The van der Waals surface area contributed by atoms with Crippen LogP contribution in [0.2, 0.25) is 0 Å². The third kappa shape index (κ3) is 6.89. The minimum Gasteiger partial charge on any atom is -0.386 e. The molecule has 1 aliphatic carbocycles. The number of carbonyl (C=O) groups excluding carboxylic acids is 1. The standard InChI is InChI=1S/C19H30N6OS/c1-12(2)25-27-14-9-7-13(8-10-14)24-18(21)15(19(22)26)11-23-17-6-4-3-5-16(17)20/h7-12,16-17,23,25H,3-6,20H2,1-2H3,(H2,21,24)(H2,22,26)/b15-11+. The molecule has 0 aliphatic heterocycles. The van der Waals surface area contributed by atoms with Crippen molar-refractivity contribution >= 4 is 29.4 Å². The van der Waals surface area contributed by atoms with Gasteiger partial charge >= 0.3 is 0 Å². The second kappa shape index (κ2) is 10.3. The van der Waals surface area contributed by atoms with Crippen LogP contribution < -0.4 is 26.8 Å². The average molecular weight is 391 g/mol. The van der Waals surface area contributed by atoms with E-state index in [2.05, 4.69) is 29.2 Å². The van der Waals surface area contributed by atoms with Crippen molar-refractivity contribution in [1.82, 2.24) is 10.0 Å². The number of carbonyl (C=O) groups is 1. The molecule has 1 saturated carbocycles. The minimum atomic E-state index is -0.655. The molecule has 148 valence electrons. The summed E-state index contributed by atoms with van der Waals surface area (Å²) in [4.78, 5) is 12.8. The first-order chi connectivity index (χ1) is 12.9. The highest BCUT2D eigenvalue weighted by Crippen LogP contribution is 2.19. The molecule has 1 aromatic carbocycles. The summed E-state index contributed by atoms with van der Waals surface area (Å²) in [7, 11) is 0. The van der Waals surface area contributed by atoms with Crippen molar-refractivity contribution in [1.29, 1.82) is 5.41 Å². The Balaban J connectivity index is 1.97. The van der Waals surface area contributed by atoms with Gasteiger partial charge in [-0.3, -0.25) is 14.9 Å². The summed E-state index contributed by atoms with van der Waals surface area (Å²) in [5.41, 5.74) is 12.4. The molecule has 27 heavy (non-hydrogen) atoms. The molecule has 0 saturated heterocycles. The van der Waals surface area contributed by atoms with E-state index in [-0.39, 0.29) is 23.5 Å². The number of amidine groups is 1. The maximum Gasteiger partial charge on any atom is 0.253 e. The highest BCUT2D eigenvalue weighted by molar-refractivity contribution is 7.97. The van der Waals surface area contributed by atoms with Crippen LogP contribution in [0.4, 0.5) is 5.69 Å². The van der Waals surface area contributed by atoms with E-state index in [9.17, 15) is 4.79 Å². The first-order valence-corrected chi connectivity index (χ1v) is 10.1. The Bertz CT molecular complexity index is 673. The maximum absolute atomic E-state index is 11.8. The molecule has 1 aliphatic rings. The lowest BCUT2D eigenvalue weighted by Gasteiger charge is -2.29. The fraction of sp³-hybridized carbons (Fsp3) is 0.474. The summed E-state index contributed by atoms with van der Waals surface area (Å²) in [5, 5.41) is 14.3. The van der Waals surface area contributed by atoms with Gasteiger partial charge in [0.2, 0.25) is 0 Å². The van der Waals surface area contributed by atoms with E-state index in [1.807, 2.05) is 24.3 Å². The summed E-state index contributed by atoms with van der Waals surface area (Å²) in [5.74, 6) is -0.697. The van der Waals surface area contributed by atoms with Crippen molar-refractivity contribution in [3.63, 3.8) is 0 Å². The molecule has 0 radical (unpaired) electrons. The Morgan fingerprint density at radius 2 is 1.93 bits per heavy atom. The van der Waals surface area contributed by atoms with E-state index < -0.39 is 5.91 Å². The van der Waals surface area contributed by atoms with E-state index in [4.69, 9.17) is 16.9 Å². The monoisotopic (exact) mass is 390 g/mol. The zero-order valence-corrected chi connectivity index (χ0v) is 16.7. The minimum absolute atomic E-state index is 0.0416. The van der Waals surface area contributed by atoms with Crippen LogP contribution in [-0.4, -0.2) is 29.9 Å². The number of nitrogens with one attached hydrogen (secondary N) is 4. The van der Waals surface area contributed by atoms with Gasteiger partial charge in [-0.2, -0.15) is 0 Å². The first-order valence-electron chi connectivity index (χ1n) is 9.26. The van der Waals surface area contributed by atoms with E-state index in [1.54, 1.807) is 11.9 Å². The Labute approximate surface area is 165 Å². The van der Waals surface area contributed by atoms with Crippen molar-refractivity contribution in [2.24, 2.45) is 11.5 Å². The lowest BCUT2D eigenvalue weighted by atomic mass is 9.91. The normalized spacial score (nSPS) is 20.4. The van der Waals surface area contributed by atoms with Crippen LogP contribution in [0.5, 0.6) is 0 Å². The number of rotatable bonds is 8. The third-order valence-corrected chi connectivity index (χ3v) is 5.43. The molecule has 0 heterocycles. The van der Waals surface area contributed by atoms with Crippen molar-refractivity contribution in [2.75, 3.05) is 5.32 Å². The van der Waals surface area contributed by atoms with Crippen LogP contribution in [0.15, 0.2) is 40.9 Å². The Kier molecular flexibility index (Phi) is 8.15. The smallest absolute Gasteiger partial charge is 0.253 e. The molecule has 0 bridgehead atoms. The Morgan fingerprint density at radius 3 is 2.52 bits per heavy atom. The van der Waals surface area contributed by atoms with E-state index in [0.29, 0.717) is 6.04 Å². The Hall–Kier alpha value is -2.03. The van der Waals surface area contributed by atoms with Crippen molar-refractivity contribution < 1.29 is 4.79 Å². The lowest BCUT2D eigenvalue weighted by molar-refractivity contribution is -0.114. The average Bonchev–Trinajstić information content (AvgIpc) is 2.62. The predicted octanol–water partition coefficient (Wildman–Crippen LogP) is 2.31. The number of nitrogens with two attached hydrogens (primary N) is 2. The highest BCUT2D eigenvalue weighted by atomic mass is 32.2. The Morgan fingerprint density at radius 1 is 1.26 bits per heavy atom. The van der Waals surface area contributed by atoms with Crippen molar-refractivity contribution in [3.8, 4) is 0 Å². The molecule has 2 rings (SSSR count). The summed E-state index contributed by atoms with van der Waals surface area (Å²) in [6, 6.07) is 8.16. The summed E-state index contributed by atoms with van der Waals surface area (Å²) in [6.07, 6.45) is 5.67. The predicted molar refractivity (Wildman–Crippen MR) is 113 cm³/mol. The van der Waals surface area contributed by atoms with Gasteiger partial charge in [-0.25, -0.2) is 0 Å². The summed E-state index contributed by atoms with van der Waals surface area (Å²) < 4.78 is 3.27. The molecule has 0 spiro atoms.